The molecule has 0 saturated carbocycles. The summed E-state index contributed by atoms with van der Waals surface area (Å²) in [5.74, 6) is -0.737. The zero-order chi connectivity index (χ0) is 32.6. The summed E-state index contributed by atoms with van der Waals surface area (Å²) in [6.45, 7) is 10.4. The second-order valence-electron chi connectivity index (χ2n) is 11.9. The van der Waals surface area contributed by atoms with Crippen LogP contribution in [0.3, 0.4) is 0 Å². The van der Waals surface area contributed by atoms with E-state index in [9.17, 15) is 19.5 Å². The highest BCUT2D eigenvalue weighted by molar-refractivity contribution is 7.14. The smallest absolute Gasteiger partial charge is 0.325 e. The Hall–Kier alpha value is -4.57. The molecule has 0 spiro atoms. The van der Waals surface area contributed by atoms with Gasteiger partial charge in [-0.15, -0.1) is 11.3 Å². The van der Waals surface area contributed by atoms with E-state index < -0.39 is 24.0 Å². The molecule has 236 valence electrons. The third-order valence-corrected chi connectivity index (χ3v) is 8.69. The van der Waals surface area contributed by atoms with Gasteiger partial charge in [0.15, 0.2) is 5.82 Å². The molecule has 45 heavy (non-hydrogen) atoms. The first-order valence-electron chi connectivity index (χ1n) is 15.0. The molecule has 2 amide bonds. The van der Waals surface area contributed by atoms with E-state index in [1.54, 1.807) is 18.5 Å². The lowest BCUT2D eigenvalue weighted by Crippen LogP contribution is -2.51. The molecule has 2 aromatic carbocycles. The number of aromatic nitrogens is 2. The van der Waals surface area contributed by atoms with Gasteiger partial charge in [0.05, 0.1) is 11.5 Å². The Kier molecular flexibility index (Phi) is 11.1. The number of unbranched alkanes of at least 4 members (excludes halogenated alkanes) is 1. The summed E-state index contributed by atoms with van der Waals surface area (Å²) < 4.78 is 5.74. The summed E-state index contributed by atoms with van der Waals surface area (Å²) in [5, 5.41) is 14.6. The standard InChI is InChI=1S/C35H40N4O5S/c1-6-7-18-44-27-14-12-24(13-15-27)26-20-36-31(37-21-26)25-10-8-23(9-11-25)19-28(32(40)38-22(2)34(42)43)39-33(41)29-16-17-30(45-29)35(3,4)5/h8-17,20-22,28H,6-7,18-19H2,1-5H3,(H,38,40)(H,39,41)(H,42,43). The minimum absolute atomic E-state index is 0.114. The number of thiophene rings is 1. The summed E-state index contributed by atoms with van der Waals surface area (Å²) in [6.07, 6.45) is 5.82. The first kappa shape index (κ1) is 33.3. The molecule has 0 saturated heterocycles. The van der Waals surface area contributed by atoms with Gasteiger partial charge in [0.1, 0.15) is 17.8 Å². The molecule has 0 aliphatic carbocycles. The molecule has 3 N–H and O–H groups in total. The van der Waals surface area contributed by atoms with Crippen molar-refractivity contribution in [2.75, 3.05) is 6.61 Å². The molecule has 0 fully saturated rings. The van der Waals surface area contributed by atoms with Gasteiger partial charge in [0.25, 0.3) is 5.91 Å². The predicted octanol–water partition coefficient (Wildman–Crippen LogP) is 6.28. The Morgan fingerprint density at radius 2 is 1.53 bits per heavy atom. The van der Waals surface area contributed by atoms with Crippen LogP contribution in [0.4, 0.5) is 0 Å². The lowest BCUT2D eigenvalue weighted by molar-refractivity contribution is -0.141. The van der Waals surface area contributed by atoms with E-state index in [1.807, 2.05) is 54.6 Å². The summed E-state index contributed by atoms with van der Waals surface area (Å²) in [6, 6.07) is 16.8. The van der Waals surface area contributed by atoms with Crippen molar-refractivity contribution in [2.24, 2.45) is 0 Å². The molecule has 2 atom stereocenters. The molecular weight excluding hydrogens is 588 g/mol. The molecule has 10 heteroatoms. The highest BCUT2D eigenvalue weighted by Crippen LogP contribution is 2.29. The van der Waals surface area contributed by atoms with Gasteiger partial charge in [-0.1, -0.05) is 70.5 Å². The number of nitrogens with one attached hydrogen (secondary N) is 2. The molecule has 2 heterocycles. The third kappa shape index (κ3) is 9.21. The van der Waals surface area contributed by atoms with Crippen molar-refractivity contribution in [1.82, 2.24) is 20.6 Å². The second kappa shape index (κ2) is 14.9. The molecule has 4 aromatic rings. The molecule has 0 bridgehead atoms. The van der Waals surface area contributed by atoms with Crippen LogP contribution in [0, 0.1) is 0 Å². The van der Waals surface area contributed by atoms with E-state index in [2.05, 4.69) is 48.3 Å². The first-order valence-corrected chi connectivity index (χ1v) is 15.8. The number of carboxylic acid groups (broad SMARTS) is 1. The van der Waals surface area contributed by atoms with E-state index in [1.165, 1.54) is 18.3 Å². The molecule has 9 nitrogen and oxygen atoms in total. The number of carbonyl (C=O) groups excluding carboxylic acids is 2. The van der Waals surface area contributed by atoms with Gasteiger partial charge in [0.2, 0.25) is 5.91 Å². The van der Waals surface area contributed by atoms with Crippen molar-refractivity contribution in [2.45, 2.75) is 71.4 Å². The van der Waals surface area contributed by atoms with Gasteiger partial charge in [-0.2, -0.15) is 0 Å². The van der Waals surface area contributed by atoms with Crippen LogP contribution < -0.4 is 15.4 Å². The van der Waals surface area contributed by atoms with Crippen molar-refractivity contribution in [3.63, 3.8) is 0 Å². The van der Waals surface area contributed by atoms with Crippen molar-refractivity contribution in [1.29, 1.82) is 0 Å². The Balaban J connectivity index is 1.45. The third-order valence-electron chi connectivity index (χ3n) is 7.18. The van der Waals surface area contributed by atoms with Crippen LogP contribution in [0.1, 0.15) is 67.6 Å². The maximum atomic E-state index is 13.1. The van der Waals surface area contributed by atoms with Crippen molar-refractivity contribution < 1.29 is 24.2 Å². The van der Waals surface area contributed by atoms with Crippen LogP contribution in [0.15, 0.2) is 73.1 Å². The Bertz CT molecular complexity index is 1590. The molecule has 0 radical (unpaired) electrons. The quantitative estimate of drug-likeness (QED) is 0.149. The lowest BCUT2D eigenvalue weighted by Gasteiger charge is -2.20. The van der Waals surface area contributed by atoms with Gasteiger partial charge < -0.3 is 20.5 Å². The number of aliphatic carboxylic acids is 1. The van der Waals surface area contributed by atoms with Gasteiger partial charge >= 0.3 is 5.97 Å². The minimum Gasteiger partial charge on any atom is -0.494 e. The monoisotopic (exact) mass is 628 g/mol. The molecule has 2 unspecified atom stereocenters. The largest absolute Gasteiger partial charge is 0.494 e. The number of hydrogen-bond acceptors (Lipinski definition) is 7. The van der Waals surface area contributed by atoms with E-state index in [-0.39, 0.29) is 17.7 Å². The normalized spacial score (nSPS) is 12.6. The number of carboxylic acids is 1. The summed E-state index contributed by atoms with van der Waals surface area (Å²) >= 11 is 1.37. The zero-order valence-corrected chi connectivity index (χ0v) is 27.1. The molecular formula is C35H40N4O5S. The molecule has 0 aliphatic rings. The second-order valence-corrected chi connectivity index (χ2v) is 13.0. The van der Waals surface area contributed by atoms with Crippen LogP contribution in [0.5, 0.6) is 5.75 Å². The summed E-state index contributed by atoms with van der Waals surface area (Å²) in [7, 11) is 0. The highest BCUT2D eigenvalue weighted by atomic mass is 32.1. The maximum Gasteiger partial charge on any atom is 0.325 e. The van der Waals surface area contributed by atoms with Crippen molar-refractivity contribution in [3.05, 3.63) is 88.4 Å². The topological polar surface area (TPSA) is 131 Å². The number of amides is 2. The molecule has 2 aromatic heterocycles. The first-order chi connectivity index (χ1) is 21.4. The lowest BCUT2D eigenvalue weighted by atomic mass is 9.95. The van der Waals surface area contributed by atoms with Crippen LogP contribution in [-0.2, 0) is 21.4 Å². The maximum absolute atomic E-state index is 13.1. The number of benzene rings is 2. The summed E-state index contributed by atoms with van der Waals surface area (Å²) in [4.78, 5) is 48.2. The number of carbonyl (C=O) groups is 3. The van der Waals surface area contributed by atoms with Gasteiger partial charge in [-0.25, -0.2) is 9.97 Å². The van der Waals surface area contributed by atoms with Gasteiger partial charge in [-0.3, -0.25) is 14.4 Å². The minimum atomic E-state index is -1.16. The molecule has 0 aliphatic heterocycles. The number of rotatable bonds is 13. The Morgan fingerprint density at radius 1 is 0.889 bits per heavy atom. The number of ether oxygens (including phenoxy) is 1. The Morgan fingerprint density at radius 3 is 2.11 bits per heavy atom. The fraction of sp³-hybridized carbons (Fsp3) is 0.343. The van der Waals surface area contributed by atoms with Crippen LogP contribution in [0.25, 0.3) is 22.5 Å². The summed E-state index contributed by atoms with van der Waals surface area (Å²) in [5.41, 5.74) is 3.33. The van der Waals surface area contributed by atoms with E-state index in [0.717, 1.165) is 45.7 Å². The number of nitrogens with zero attached hydrogens (tertiary/aromatic N) is 2. The van der Waals surface area contributed by atoms with Crippen LogP contribution in [-0.4, -0.2) is 51.5 Å². The SMILES string of the molecule is CCCCOc1ccc(-c2cnc(-c3ccc(CC(NC(=O)c4ccc(C(C)(C)C)s4)C(=O)NC(C)C(=O)O)cc3)nc2)cc1. The fourth-order valence-electron chi connectivity index (χ4n) is 4.41. The van der Waals surface area contributed by atoms with Gasteiger partial charge in [-0.05, 0) is 54.2 Å². The van der Waals surface area contributed by atoms with Gasteiger partial charge in [0, 0.05) is 34.8 Å². The predicted molar refractivity (Wildman–Crippen MR) is 177 cm³/mol. The average molecular weight is 629 g/mol. The number of hydrogen-bond donors (Lipinski definition) is 3. The van der Waals surface area contributed by atoms with E-state index >= 15 is 0 Å². The van der Waals surface area contributed by atoms with Crippen LogP contribution in [0.2, 0.25) is 0 Å². The van der Waals surface area contributed by atoms with E-state index in [0.29, 0.717) is 17.3 Å². The Labute approximate surface area is 268 Å². The molecule has 4 rings (SSSR count). The highest BCUT2D eigenvalue weighted by Gasteiger charge is 2.26. The van der Waals surface area contributed by atoms with E-state index in [4.69, 9.17) is 4.74 Å². The van der Waals surface area contributed by atoms with Crippen molar-refractivity contribution >= 4 is 29.1 Å². The fourth-order valence-corrected chi connectivity index (χ4v) is 5.37. The average Bonchev–Trinajstić information content (AvgIpc) is 3.53. The zero-order valence-electron chi connectivity index (χ0n) is 26.3. The van der Waals surface area contributed by atoms with Crippen molar-refractivity contribution in [3.8, 4) is 28.3 Å². The van der Waals surface area contributed by atoms with Crippen LogP contribution >= 0.6 is 11.3 Å².